The molecule has 0 aromatic heterocycles. The predicted molar refractivity (Wildman–Crippen MR) is 75.2 cm³/mol. The predicted octanol–water partition coefficient (Wildman–Crippen LogP) is 1.30. The highest BCUT2D eigenvalue weighted by Gasteiger charge is 2.41. The van der Waals surface area contributed by atoms with Crippen molar-refractivity contribution < 1.29 is 13.5 Å². The van der Waals surface area contributed by atoms with Gasteiger partial charge in [-0.15, -0.1) is 0 Å². The maximum atomic E-state index is 11.6. The first-order chi connectivity index (χ1) is 8.31. The molecule has 3 unspecified atom stereocenters. The summed E-state index contributed by atoms with van der Waals surface area (Å²) in [6, 6.07) is 0. The van der Waals surface area contributed by atoms with Gasteiger partial charge in [-0.2, -0.15) is 11.8 Å². The molecule has 2 heterocycles. The Balaban J connectivity index is 1.98. The SMILES string of the molecule is CC1SCCC1(O)CC1CCCN(S(C)(=O)=O)C1. The Morgan fingerprint density at radius 3 is 2.78 bits per heavy atom. The van der Waals surface area contributed by atoms with E-state index >= 15 is 0 Å². The zero-order valence-electron chi connectivity index (χ0n) is 11.1. The molecule has 0 aromatic carbocycles. The standard InChI is InChI=1S/C12H23NO3S2/c1-10-12(14,5-7-17-10)8-11-4-3-6-13(9-11)18(2,15)16/h10-11,14H,3-9H2,1-2H3. The number of rotatable bonds is 3. The summed E-state index contributed by atoms with van der Waals surface area (Å²) in [5, 5.41) is 10.9. The lowest BCUT2D eigenvalue weighted by Crippen LogP contribution is -2.44. The first-order valence-electron chi connectivity index (χ1n) is 6.60. The Bertz CT molecular complexity index is 398. The Labute approximate surface area is 114 Å². The molecule has 2 aliphatic rings. The molecule has 0 aliphatic carbocycles. The van der Waals surface area contributed by atoms with Gasteiger partial charge in [0.25, 0.3) is 0 Å². The van der Waals surface area contributed by atoms with Crippen LogP contribution in [-0.2, 0) is 10.0 Å². The molecule has 2 fully saturated rings. The van der Waals surface area contributed by atoms with E-state index in [4.69, 9.17) is 0 Å². The van der Waals surface area contributed by atoms with Gasteiger partial charge in [-0.25, -0.2) is 12.7 Å². The molecule has 2 saturated heterocycles. The number of hydrogen-bond donors (Lipinski definition) is 1. The van der Waals surface area contributed by atoms with Crippen LogP contribution in [0, 0.1) is 5.92 Å². The molecular weight excluding hydrogens is 270 g/mol. The molecule has 3 atom stereocenters. The topological polar surface area (TPSA) is 57.6 Å². The van der Waals surface area contributed by atoms with Crippen LogP contribution in [0.2, 0.25) is 0 Å². The van der Waals surface area contributed by atoms with E-state index in [1.54, 1.807) is 4.31 Å². The van der Waals surface area contributed by atoms with Crippen molar-refractivity contribution in [2.45, 2.75) is 43.5 Å². The van der Waals surface area contributed by atoms with Gasteiger partial charge in [-0.1, -0.05) is 6.92 Å². The number of nitrogens with zero attached hydrogens (tertiary/aromatic N) is 1. The van der Waals surface area contributed by atoms with E-state index in [0.717, 1.165) is 31.4 Å². The average Bonchev–Trinajstić information content (AvgIpc) is 2.58. The van der Waals surface area contributed by atoms with Gasteiger partial charge >= 0.3 is 0 Å². The van der Waals surface area contributed by atoms with Crippen LogP contribution in [0.15, 0.2) is 0 Å². The minimum absolute atomic E-state index is 0.270. The fourth-order valence-corrected chi connectivity index (χ4v) is 5.32. The summed E-state index contributed by atoms with van der Waals surface area (Å²) < 4.78 is 24.7. The van der Waals surface area contributed by atoms with Crippen LogP contribution in [0.3, 0.4) is 0 Å². The molecule has 0 spiro atoms. The monoisotopic (exact) mass is 293 g/mol. The Kier molecular flexibility index (Phi) is 4.31. The number of hydrogen-bond acceptors (Lipinski definition) is 4. The second-order valence-corrected chi connectivity index (χ2v) is 9.13. The summed E-state index contributed by atoms with van der Waals surface area (Å²) in [6.07, 6.45) is 4.81. The summed E-state index contributed by atoms with van der Waals surface area (Å²) in [7, 11) is -3.08. The molecule has 0 radical (unpaired) electrons. The normalized spacial score (nSPS) is 39.1. The number of piperidine rings is 1. The van der Waals surface area contributed by atoms with Crippen LogP contribution in [0.1, 0.15) is 32.6 Å². The second kappa shape index (κ2) is 5.31. The van der Waals surface area contributed by atoms with E-state index < -0.39 is 15.6 Å². The number of sulfonamides is 1. The lowest BCUT2D eigenvalue weighted by atomic mass is 9.83. The Morgan fingerprint density at radius 2 is 2.22 bits per heavy atom. The summed E-state index contributed by atoms with van der Waals surface area (Å²) >= 11 is 1.82. The minimum Gasteiger partial charge on any atom is -0.389 e. The van der Waals surface area contributed by atoms with E-state index in [9.17, 15) is 13.5 Å². The lowest BCUT2D eigenvalue weighted by Gasteiger charge is -2.36. The first-order valence-corrected chi connectivity index (χ1v) is 9.50. The number of aliphatic hydroxyl groups is 1. The van der Waals surface area contributed by atoms with Crippen molar-refractivity contribution >= 4 is 21.8 Å². The molecule has 0 aromatic rings. The molecule has 1 N–H and O–H groups in total. The van der Waals surface area contributed by atoms with Gasteiger partial charge in [0.2, 0.25) is 10.0 Å². The maximum Gasteiger partial charge on any atom is 0.211 e. The van der Waals surface area contributed by atoms with Gasteiger partial charge in [-0.3, -0.25) is 0 Å². The number of thioether (sulfide) groups is 1. The van der Waals surface area contributed by atoms with Crippen molar-refractivity contribution in [3.63, 3.8) is 0 Å². The highest BCUT2D eigenvalue weighted by molar-refractivity contribution is 8.00. The molecule has 6 heteroatoms. The largest absolute Gasteiger partial charge is 0.389 e. The van der Waals surface area contributed by atoms with E-state index in [2.05, 4.69) is 6.92 Å². The van der Waals surface area contributed by atoms with E-state index in [-0.39, 0.29) is 5.25 Å². The molecule has 4 nitrogen and oxygen atoms in total. The van der Waals surface area contributed by atoms with Crippen molar-refractivity contribution in [2.75, 3.05) is 25.1 Å². The fraction of sp³-hybridized carbons (Fsp3) is 1.00. The quantitative estimate of drug-likeness (QED) is 0.852. The fourth-order valence-electron chi connectivity index (χ4n) is 3.03. The van der Waals surface area contributed by atoms with E-state index in [1.165, 1.54) is 6.26 Å². The van der Waals surface area contributed by atoms with Crippen LogP contribution in [0.5, 0.6) is 0 Å². The molecule has 0 saturated carbocycles. The van der Waals surface area contributed by atoms with Gasteiger partial charge in [-0.05, 0) is 37.4 Å². The second-order valence-electron chi connectivity index (χ2n) is 5.70. The summed E-state index contributed by atoms with van der Waals surface area (Å²) in [4.78, 5) is 0. The minimum atomic E-state index is -3.08. The third-order valence-electron chi connectivity index (χ3n) is 4.25. The van der Waals surface area contributed by atoms with Crippen molar-refractivity contribution in [3.05, 3.63) is 0 Å². The summed E-state index contributed by atoms with van der Waals surface area (Å²) in [5.74, 6) is 1.32. The third kappa shape index (κ3) is 3.21. The van der Waals surface area contributed by atoms with Gasteiger partial charge < -0.3 is 5.11 Å². The highest BCUT2D eigenvalue weighted by Crippen LogP contribution is 2.41. The molecule has 2 rings (SSSR count). The van der Waals surface area contributed by atoms with Crippen molar-refractivity contribution in [1.29, 1.82) is 0 Å². The summed E-state index contributed by atoms with van der Waals surface area (Å²) in [5.41, 5.74) is -0.587. The molecule has 0 bridgehead atoms. The molecule has 106 valence electrons. The van der Waals surface area contributed by atoms with Crippen molar-refractivity contribution in [2.24, 2.45) is 5.92 Å². The molecular formula is C12H23NO3S2. The smallest absolute Gasteiger partial charge is 0.211 e. The average molecular weight is 293 g/mol. The van der Waals surface area contributed by atoms with Crippen molar-refractivity contribution in [3.8, 4) is 0 Å². The van der Waals surface area contributed by atoms with E-state index in [0.29, 0.717) is 19.0 Å². The van der Waals surface area contributed by atoms with E-state index in [1.807, 2.05) is 11.8 Å². The van der Waals surface area contributed by atoms with Gasteiger partial charge in [0.1, 0.15) is 0 Å². The molecule has 0 amide bonds. The third-order valence-corrected chi connectivity index (χ3v) is 6.90. The summed E-state index contributed by atoms with van der Waals surface area (Å²) in [6.45, 7) is 3.30. The lowest BCUT2D eigenvalue weighted by molar-refractivity contribution is 0.0129. The zero-order valence-corrected chi connectivity index (χ0v) is 12.8. The van der Waals surface area contributed by atoms with Gasteiger partial charge in [0.05, 0.1) is 11.9 Å². The van der Waals surface area contributed by atoms with Gasteiger partial charge in [0.15, 0.2) is 0 Å². The van der Waals surface area contributed by atoms with Crippen molar-refractivity contribution in [1.82, 2.24) is 4.31 Å². The Morgan fingerprint density at radius 1 is 1.50 bits per heavy atom. The highest BCUT2D eigenvalue weighted by atomic mass is 32.2. The first kappa shape index (κ1) is 14.6. The maximum absolute atomic E-state index is 11.6. The molecule has 2 aliphatic heterocycles. The Hall–Kier alpha value is 0.220. The zero-order chi connectivity index (χ0) is 13.4. The van der Waals surface area contributed by atoms with Gasteiger partial charge in [0, 0.05) is 18.3 Å². The van der Waals surface area contributed by atoms with Crippen LogP contribution in [0.4, 0.5) is 0 Å². The van der Waals surface area contributed by atoms with Crippen LogP contribution in [0.25, 0.3) is 0 Å². The van der Waals surface area contributed by atoms with Crippen LogP contribution in [-0.4, -0.2) is 53.8 Å². The van der Waals surface area contributed by atoms with Crippen LogP contribution >= 0.6 is 11.8 Å². The van der Waals surface area contributed by atoms with Crippen LogP contribution < -0.4 is 0 Å². The molecule has 18 heavy (non-hydrogen) atoms.